The topological polar surface area (TPSA) is 80.3 Å². The first-order valence-corrected chi connectivity index (χ1v) is 9.51. The minimum absolute atomic E-state index is 0.0964. The molecule has 1 amide bonds. The van der Waals surface area contributed by atoms with Gasteiger partial charge in [0.05, 0.1) is 23.6 Å². The lowest BCUT2D eigenvalue weighted by atomic mass is 10.2. The van der Waals surface area contributed by atoms with Gasteiger partial charge in [0.1, 0.15) is 0 Å². The van der Waals surface area contributed by atoms with Crippen LogP contribution >= 0.6 is 11.6 Å². The standard InChI is InChI=1S/C19H21ClN6O2/c1-13-10-17(28-23-13)12-24-6-8-25(9-7-24)19(27)18-14(2)21-26(22-18)16-5-3-4-15(20)11-16/h3-5,10-11H,6-9,12H2,1-2H3. The summed E-state index contributed by atoms with van der Waals surface area (Å²) in [6.07, 6.45) is 0. The Morgan fingerprint density at radius 2 is 1.93 bits per heavy atom. The Kier molecular flexibility index (Phi) is 5.15. The Morgan fingerprint density at radius 1 is 1.14 bits per heavy atom. The van der Waals surface area contributed by atoms with Crippen LogP contribution in [0.3, 0.4) is 0 Å². The number of rotatable bonds is 4. The summed E-state index contributed by atoms with van der Waals surface area (Å²) in [5.74, 6) is 0.749. The van der Waals surface area contributed by atoms with Crippen LogP contribution in [0, 0.1) is 13.8 Å². The van der Waals surface area contributed by atoms with Crippen LogP contribution in [-0.4, -0.2) is 62.0 Å². The molecule has 3 aromatic rings. The molecular weight excluding hydrogens is 380 g/mol. The van der Waals surface area contributed by atoms with Gasteiger partial charge in [-0.2, -0.15) is 9.90 Å². The van der Waals surface area contributed by atoms with E-state index in [1.54, 1.807) is 19.1 Å². The molecular formula is C19H21ClN6O2. The Morgan fingerprint density at radius 3 is 2.61 bits per heavy atom. The average molecular weight is 401 g/mol. The molecule has 9 heteroatoms. The van der Waals surface area contributed by atoms with Crippen LogP contribution in [0.2, 0.25) is 5.02 Å². The molecule has 146 valence electrons. The maximum Gasteiger partial charge on any atom is 0.276 e. The smallest absolute Gasteiger partial charge is 0.276 e. The highest BCUT2D eigenvalue weighted by atomic mass is 35.5. The summed E-state index contributed by atoms with van der Waals surface area (Å²) in [7, 11) is 0. The van der Waals surface area contributed by atoms with Crippen LogP contribution in [0.15, 0.2) is 34.9 Å². The fourth-order valence-corrected chi connectivity index (χ4v) is 3.45. The predicted molar refractivity (Wildman–Crippen MR) is 104 cm³/mol. The molecule has 0 unspecified atom stereocenters. The van der Waals surface area contributed by atoms with Crippen molar-refractivity contribution in [3.63, 3.8) is 0 Å². The Labute approximate surface area is 167 Å². The molecule has 3 heterocycles. The summed E-state index contributed by atoms with van der Waals surface area (Å²) in [5, 5.41) is 13.3. The van der Waals surface area contributed by atoms with Gasteiger partial charge in [-0.25, -0.2) is 0 Å². The molecule has 0 radical (unpaired) electrons. The molecule has 4 rings (SSSR count). The van der Waals surface area contributed by atoms with E-state index in [1.165, 1.54) is 4.80 Å². The molecule has 2 aromatic heterocycles. The zero-order valence-electron chi connectivity index (χ0n) is 15.8. The quantitative estimate of drug-likeness (QED) is 0.669. The molecule has 0 N–H and O–H groups in total. The zero-order chi connectivity index (χ0) is 19.7. The first-order chi connectivity index (χ1) is 13.5. The number of amides is 1. The van der Waals surface area contributed by atoms with Gasteiger partial charge in [-0.05, 0) is 32.0 Å². The van der Waals surface area contributed by atoms with Crippen LogP contribution in [-0.2, 0) is 6.54 Å². The van der Waals surface area contributed by atoms with Crippen LogP contribution in [0.4, 0.5) is 0 Å². The molecule has 1 aromatic carbocycles. The van der Waals surface area contributed by atoms with Crippen molar-refractivity contribution in [1.29, 1.82) is 0 Å². The van der Waals surface area contributed by atoms with Crippen molar-refractivity contribution in [3.05, 3.63) is 58.2 Å². The van der Waals surface area contributed by atoms with Gasteiger partial charge in [0.2, 0.25) is 0 Å². The van der Waals surface area contributed by atoms with E-state index < -0.39 is 0 Å². The van der Waals surface area contributed by atoms with E-state index in [-0.39, 0.29) is 5.91 Å². The number of halogens is 1. The van der Waals surface area contributed by atoms with Crippen LogP contribution in [0.5, 0.6) is 0 Å². The lowest BCUT2D eigenvalue weighted by Gasteiger charge is -2.33. The monoisotopic (exact) mass is 400 g/mol. The third-order valence-corrected chi connectivity index (χ3v) is 4.97. The average Bonchev–Trinajstić information content (AvgIpc) is 3.27. The Bertz CT molecular complexity index is 990. The SMILES string of the molecule is Cc1cc(CN2CCN(C(=O)c3nn(-c4cccc(Cl)c4)nc3C)CC2)on1. The number of hydrogen-bond donors (Lipinski definition) is 0. The van der Waals surface area contributed by atoms with Crippen LogP contribution in [0.25, 0.3) is 5.69 Å². The predicted octanol–water partition coefficient (Wildman–Crippen LogP) is 2.48. The van der Waals surface area contributed by atoms with E-state index in [0.29, 0.717) is 36.0 Å². The van der Waals surface area contributed by atoms with E-state index in [4.69, 9.17) is 16.1 Å². The summed E-state index contributed by atoms with van der Waals surface area (Å²) < 4.78 is 5.28. The summed E-state index contributed by atoms with van der Waals surface area (Å²) >= 11 is 6.04. The van der Waals surface area contributed by atoms with Crippen molar-refractivity contribution in [2.75, 3.05) is 26.2 Å². The van der Waals surface area contributed by atoms with E-state index in [0.717, 1.165) is 30.2 Å². The molecule has 1 aliphatic heterocycles. The molecule has 0 atom stereocenters. The van der Waals surface area contributed by atoms with Crippen molar-refractivity contribution < 1.29 is 9.32 Å². The van der Waals surface area contributed by atoms with E-state index in [1.807, 2.05) is 30.0 Å². The highest BCUT2D eigenvalue weighted by Crippen LogP contribution is 2.16. The van der Waals surface area contributed by atoms with E-state index in [2.05, 4.69) is 20.3 Å². The summed E-state index contributed by atoms with van der Waals surface area (Å²) in [6.45, 7) is 7.21. The number of nitrogens with zero attached hydrogens (tertiary/aromatic N) is 6. The molecule has 28 heavy (non-hydrogen) atoms. The number of carbonyl (C=O) groups is 1. The highest BCUT2D eigenvalue weighted by molar-refractivity contribution is 6.30. The lowest BCUT2D eigenvalue weighted by molar-refractivity contribution is 0.0610. The maximum atomic E-state index is 12.9. The van der Waals surface area contributed by atoms with Gasteiger partial charge in [0.15, 0.2) is 11.5 Å². The first-order valence-electron chi connectivity index (χ1n) is 9.13. The Balaban J connectivity index is 1.41. The number of benzene rings is 1. The highest BCUT2D eigenvalue weighted by Gasteiger charge is 2.26. The fraction of sp³-hybridized carbons (Fsp3) is 0.368. The number of piperazine rings is 1. The number of hydrogen-bond acceptors (Lipinski definition) is 6. The zero-order valence-corrected chi connectivity index (χ0v) is 16.6. The van der Waals surface area contributed by atoms with E-state index >= 15 is 0 Å². The van der Waals surface area contributed by atoms with Crippen molar-refractivity contribution in [2.45, 2.75) is 20.4 Å². The second-order valence-electron chi connectivity index (χ2n) is 6.91. The third kappa shape index (κ3) is 3.93. The third-order valence-electron chi connectivity index (χ3n) is 4.74. The molecule has 1 saturated heterocycles. The number of carbonyl (C=O) groups excluding carboxylic acids is 1. The maximum absolute atomic E-state index is 12.9. The second kappa shape index (κ2) is 7.73. The molecule has 0 spiro atoms. The summed E-state index contributed by atoms with van der Waals surface area (Å²) in [4.78, 5) is 18.5. The van der Waals surface area contributed by atoms with Crippen molar-refractivity contribution >= 4 is 17.5 Å². The molecule has 1 fully saturated rings. The Hall–Kier alpha value is -2.71. The van der Waals surface area contributed by atoms with Gasteiger partial charge in [-0.3, -0.25) is 9.69 Å². The largest absolute Gasteiger partial charge is 0.360 e. The summed E-state index contributed by atoms with van der Waals surface area (Å²) in [5.41, 5.74) is 2.58. The van der Waals surface area contributed by atoms with Crippen LogP contribution in [0.1, 0.15) is 27.6 Å². The first kappa shape index (κ1) is 18.6. The molecule has 0 bridgehead atoms. The number of aryl methyl sites for hydroxylation is 2. The molecule has 8 nitrogen and oxygen atoms in total. The summed E-state index contributed by atoms with van der Waals surface area (Å²) in [6, 6.07) is 9.16. The normalized spacial score (nSPS) is 15.2. The van der Waals surface area contributed by atoms with Gasteiger partial charge in [-0.1, -0.05) is 22.8 Å². The van der Waals surface area contributed by atoms with Crippen molar-refractivity contribution in [2.24, 2.45) is 0 Å². The van der Waals surface area contributed by atoms with Gasteiger partial charge >= 0.3 is 0 Å². The van der Waals surface area contributed by atoms with Gasteiger partial charge < -0.3 is 9.42 Å². The van der Waals surface area contributed by atoms with Crippen LogP contribution < -0.4 is 0 Å². The van der Waals surface area contributed by atoms with Gasteiger partial charge in [-0.15, -0.1) is 5.10 Å². The second-order valence-corrected chi connectivity index (χ2v) is 7.34. The van der Waals surface area contributed by atoms with Gasteiger partial charge in [0, 0.05) is 37.3 Å². The molecule has 0 aliphatic carbocycles. The minimum atomic E-state index is -0.0964. The lowest BCUT2D eigenvalue weighted by Crippen LogP contribution is -2.48. The molecule has 1 aliphatic rings. The van der Waals surface area contributed by atoms with Gasteiger partial charge in [0.25, 0.3) is 5.91 Å². The van der Waals surface area contributed by atoms with E-state index in [9.17, 15) is 4.79 Å². The van der Waals surface area contributed by atoms with Crippen molar-refractivity contribution in [1.82, 2.24) is 30.0 Å². The number of aromatic nitrogens is 4. The molecule has 0 saturated carbocycles. The van der Waals surface area contributed by atoms with Crippen molar-refractivity contribution in [3.8, 4) is 5.69 Å². The minimum Gasteiger partial charge on any atom is -0.360 e. The fourth-order valence-electron chi connectivity index (χ4n) is 3.26.